The van der Waals surface area contributed by atoms with E-state index < -0.39 is 0 Å². The van der Waals surface area contributed by atoms with Crippen molar-refractivity contribution in [3.8, 4) is 5.88 Å². The third kappa shape index (κ3) is 2.92. The van der Waals surface area contributed by atoms with Gasteiger partial charge in [-0.3, -0.25) is 4.79 Å². The minimum Gasteiger partial charge on any atom is -0.493 e. The first-order valence-corrected chi connectivity index (χ1v) is 8.32. The highest BCUT2D eigenvalue weighted by Crippen LogP contribution is 2.38. The number of rotatable bonds is 2. The van der Waals surface area contributed by atoms with Crippen molar-refractivity contribution in [1.29, 1.82) is 0 Å². The standard InChI is InChI=1S/C16H18BrN3O2/c1-9-7-11-13(8-12(9)17)18-16(22)14(11)19-20-15(21)10-5-3-2-4-6-10/h7-8,10,18,22H,2-6H2,1H3. The van der Waals surface area contributed by atoms with Crippen LogP contribution in [0.4, 0.5) is 5.69 Å². The molecule has 1 aliphatic rings. The van der Waals surface area contributed by atoms with Crippen LogP contribution in [0.3, 0.4) is 0 Å². The van der Waals surface area contributed by atoms with Crippen molar-refractivity contribution in [2.24, 2.45) is 16.1 Å². The number of amides is 1. The van der Waals surface area contributed by atoms with Crippen LogP contribution in [0.5, 0.6) is 5.88 Å². The largest absolute Gasteiger partial charge is 0.493 e. The Morgan fingerprint density at radius 3 is 2.77 bits per heavy atom. The van der Waals surface area contributed by atoms with Gasteiger partial charge in [0.1, 0.15) is 0 Å². The van der Waals surface area contributed by atoms with Crippen molar-refractivity contribution in [2.75, 3.05) is 0 Å². The van der Waals surface area contributed by atoms with Crippen LogP contribution in [0.15, 0.2) is 26.8 Å². The number of aromatic nitrogens is 1. The molecule has 2 N–H and O–H groups in total. The highest BCUT2D eigenvalue weighted by molar-refractivity contribution is 9.10. The van der Waals surface area contributed by atoms with Crippen molar-refractivity contribution < 1.29 is 9.90 Å². The van der Waals surface area contributed by atoms with E-state index in [9.17, 15) is 9.90 Å². The molecule has 1 aromatic carbocycles. The highest BCUT2D eigenvalue weighted by Gasteiger charge is 2.21. The average molecular weight is 364 g/mol. The van der Waals surface area contributed by atoms with Gasteiger partial charge < -0.3 is 10.1 Å². The number of halogens is 1. The molecule has 6 heteroatoms. The summed E-state index contributed by atoms with van der Waals surface area (Å²) >= 11 is 3.45. The smallest absolute Gasteiger partial charge is 0.267 e. The Morgan fingerprint density at radius 1 is 1.32 bits per heavy atom. The second-order valence-corrected chi connectivity index (χ2v) is 6.70. The normalized spacial score (nSPS) is 16.6. The summed E-state index contributed by atoms with van der Waals surface area (Å²) in [6.45, 7) is 1.96. The van der Waals surface area contributed by atoms with Crippen LogP contribution in [-0.2, 0) is 4.79 Å². The zero-order valence-corrected chi connectivity index (χ0v) is 14.0. The maximum absolute atomic E-state index is 12.1. The maximum Gasteiger partial charge on any atom is 0.267 e. The van der Waals surface area contributed by atoms with E-state index in [4.69, 9.17) is 0 Å². The summed E-state index contributed by atoms with van der Waals surface area (Å²) in [4.78, 5) is 15.0. The lowest BCUT2D eigenvalue weighted by molar-refractivity contribution is -0.122. The van der Waals surface area contributed by atoms with E-state index in [1.165, 1.54) is 6.42 Å². The quantitative estimate of drug-likeness (QED) is 0.724. The molecule has 0 radical (unpaired) electrons. The van der Waals surface area contributed by atoms with Gasteiger partial charge in [0.05, 0.1) is 5.52 Å². The van der Waals surface area contributed by atoms with Gasteiger partial charge in [-0.2, -0.15) is 0 Å². The van der Waals surface area contributed by atoms with Gasteiger partial charge in [0.2, 0.25) is 5.88 Å². The van der Waals surface area contributed by atoms with Crippen LogP contribution in [0.2, 0.25) is 0 Å². The summed E-state index contributed by atoms with van der Waals surface area (Å²) in [5, 5.41) is 18.6. The van der Waals surface area contributed by atoms with Gasteiger partial charge in [-0.25, -0.2) is 0 Å². The summed E-state index contributed by atoms with van der Waals surface area (Å²) in [5.41, 5.74) is 2.12. The van der Waals surface area contributed by atoms with Gasteiger partial charge in [-0.15, -0.1) is 10.2 Å². The summed E-state index contributed by atoms with van der Waals surface area (Å²) in [5.74, 6) is -0.254. The summed E-state index contributed by atoms with van der Waals surface area (Å²) in [6, 6.07) is 3.79. The molecular formula is C16H18BrN3O2. The number of H-pyrrole nitrogens is 1. The van der Waals surface area contributed by atoms with E-state index >= 15 is 0 Å². The lowest BCUT2D eigenvalue weighted by Gasteiger charge is -2.17. The Morgan fingerprint density at radius 2 is 2.05 bits per heavy atom. The van der Waals surface area contributed by atoms with Crippen LogP contribution < -0.4 is 0 Å². The molecule has 0 unspecified atom stereocenters. The highest BCUT2D eigenvalue weighted by atomic mass is 79.9. The lowest BCUT2D eigenvalue weighted by Crippen LogP contribution is -2.15. The van der Waals surface area contributed by atoms with E-state index in [-0.39, 0.29) is 17.7 Å². The summed E-state index contributed by atoms with van der Waals surface area (Å²) in [7, 11) is 0. The third-order valence-corrected chi connectivity index (χ3v) is 5.09. The van der Waals surface area contributed by atoms with Crippen LogP contribution in [0.1, 0.15) is 37.7 Å². The minimum atomic E-state index is -0.178. The van der Waals surface area contributed by atoms with Gasteiger partial charge in [-0.1, -0.05) is 35.2 Å². The number of hydrogen-bond donors (Lipinski definition) is 2. The molecular weight excluding hydrogens is 346 g/mol. The number of aryl methyl sites for hydroxylation is 1. The molecule has 2 aromatic rings. The van der Waals surface area contributed by atoms with Gasteiger partial charge >= 0.3 is 0 Å². The molecule has 5 nitrogen and oxygen atoms in total. The van der Waals surface area contributed by atoms with E-state index in [1.54, 1.807) is 0 Å². The Kier molecular flexibility index (Phi) is 4.29. The predicted octanol–water partition coefficient (Wildman–Crippen LogP) is 5.14. The first-order valence-electron chi connectivity index (χ1n) is 7.52. The number of aromatic amines is 1. The first kappa shape index (κ1) is 15.2. The number of aromatic hydroxyl groups is 1. The van der Waals surface area contributed by atoms with Crippen molar-refractivity contribution in [3.05, 3.63) is 22.2 Å². The number of benzene rings is 1. The molecule has 1 heterocycles. The van der Waals surface area contributed by atoms with Crippen molar-refractivity contribution in [2.45, 2.75) is 39.0 Å². The topological polar surface area (TPSA) is 77.8 Å². The fourth-order valence-corrected chi connectivity index (χ4v) is 3.27. The average Bonchev–Trinajstić information content (AvgIpc) is 2.81. The second kappa shape index (κ2) is 6.20. The second-order valence-electron chi connectivity index (χ2n) is 5.84. The Hall–Kier alpha value is -1.69. The fraction of sp³-hybridized carbons (Fsp3) is 0.438. The predicted molar refractivity (Wildman–Crippen MR) is 88.5 cm³/mol. The molecule has 0 saturated heterocycles. The molecule has 0 aliphatic heterocycles. The molecule has 1 aromatic heterocycles. The number of carbonyl (C=O) groups is 1. The van der Waals surface area contributed by atoms with Gasteiger partial charge in [0.15, 0.2) is 5.69 Å². The van der Waals surface area contributed by atoms with E-state index in [1.807, 2.05) is 19.1 Å². The fourth-order valence-electron chi connectivity index (χ4n) is 2.93. The van der Waals surface area contributed by atoms with E-state index in [0.29, 0.717) is 5.69 Å². The molecule has 3 rings (SSSR count). The number of nitrogens with one attached hydrogen (secondary N) is 1. The molecule has 0 atom stereocenters. The molecule has 1 aliphatic carbocycles. The summed E-state index contributed by atoms with van der Waals surface area (Å²) in [6.07, 6.45) is 5.14. The summed E-state index contributed by atoms with van der Waals surface area (Å²) < 4.78 is 0.947. The molecule has 116 valence electrons. The molecule has 0 spiro atoms. The van der Waals surface area contributed by atoms with Gasteiger partial charge in [0.25, 0.3) is 5.91 Å². The van der Waals surface area contributed by atoms with Crippen LogP contribution in [-0.4, -0.2) is 16.0 Å². The van der Waals surface area contributed by atoms with Crippen molar-refractivity contribution >= 4 is 38.4 Å². The lowest BCUT2D eigenvalue weighted by atomic mass is 9.89. The number of fused-ring (bicyclic) bond motifs is 1. The zero-order chi connectivity index (χ0) is 15.7. The van der Waals surface area contributed by atoms with E-state index in [2.05, 4.69) is 31.1 Å². The number of hydrogen-bond acceptors (Lipinski definition) is 3. The number of nitrogens with zero attached hydrogens (tertiary/aromatic N) is 2. The third-order valence-electron chi connectivity index (χ3n) is 4.23. The van der Waals surface area contributed by atoms with E-state index in [0.717, 1.165) is 46.6 Å². The molecule has 1 saturated carbocycles. The first-order chi connectivity index (χ1) is 10.6. The molecule has 22 heavy (non-hydrogen) atoms. The van der Waals surface area contributed by atoms with Crippen LogP contribution >= 0.6 is 15.9 Å². The number of azo groups is 1. The molecule has 0 bridgehead atoms. The van der Waals surface area contributed by atoms with Crippen LogP contribution in [0, 0.1) is 12.8 Å². The van der Waals surface area contributed by atoms with Gasteiger partial charge in [0, 0.05) is 15.8 Å². The Bertz CT molecular complexity index is 745. The number of carbonyl (C=O) groups excluding carboxylic acids is 1. The Labute approximate surface area is 137 Å². The SMILES string of the molecule is Cc1cc2c(N=NC(=O)C3CCCCC3)c(O)[nH]c2cc1Br. The van der Waals surface area contributed by atoms with Gasteiger partial charge in [-0.05, 0) is 37.5 Å². The monoisotopic (exact) mass is 363 g/mol. The Balaban J connectivity index is 1.89. The van der Waals surface area contributed by atoms with Crippen molar-refractivity contribution in [1.82, 2.24) is 4.98 Å². The van der Waals surface area contributed by atoms with Crippen LogP contribution in [0.25, 0.3) is 10.9 Å². The molecule has 1 amide bonds. The molecule has 1 fully saturated rings. The maximum atomic E-state index is 12.1. The zero-order valence-electron chi connectivity index (χ0n) is 12.4. The minimum absolute atomic E-state index is 0.0132. The van der Waals surface area contributed by atoms with Crippen molar-refractivity contribution in [3.63, 3.8) is 0 Å².